The molecule has 0 aliphatic heterocycles. The molecule has 0 fully saturated rings. The lowest BCUT2D eigenvalue weighted by molar-refractivity contribution is 0.612. The highest BCUT2D eigenvalue weighted by Crippen LogP contribution is 2.20. The first-order valence-corrected chi connectivity index (χ1v) is 7.16. The van der Waals surface area contributed by atoms with Gasteiger partial charge < -0.3 is 5.32 Å². The molecule has 2 heterocycles. The molecular formula is C15H12BrFN4. The molecule has 21 heavy (non-hydrogen) atoms. The molecule has 3 aromatic rings. The Morgan fingerprint density at radius 2 is 2.10 bits per heavy atom. The maximum Gasteiger partial charge on any atom is 0.176 e. The monoisotopic (exact) mass is 346 g/mol. The molecule has 0 radical (unpaired) electrons. The predicted molar refractivity (Wildman–Crippen MR) is 82.8 cm³/mol. The second-order valence-electron chi connectivity index (χ2n) is 4.41. The van der Waals surface area contributed by atoms with Crippen LogP contribution in [0.1, 0.15) is 5.56 Å². The Morgan fingerprint density at radius 3 is 2.90 bits per heavy atom. The van der Waals surface area contributed by atoms with Crippen LogP contribution >= 0.6 is 15.9 Å². The van der Waals surface area contributed by atoms with E-state index >= 15 is 0 Å². The Bertz CT molecular complexity index is 743. The van der Waals surface area contributed by atoms with Crippen molar-refractivity contribution in [3.63, 3.8) is 0 Å². The Kier molecular flexibility index (Phi) is 3.96. The van der Waals surface area contributed by atoms with Crippen molar-refractivity contribution in [3.05, 3.63) is 70.8 Å². The molecule has 3 rings (SSSR count). The van der Waals surface area contributed by atoms with Crippen LogP contribution < -0.4 is 5.32 Å². The summed E-state index contributed by atoms with van der Waals surface area (Å²) in [4.78, 5) is 4.31. The zero-order chi connectivity index (χ0) is 14.7. The van der Waals surface area contributed by atoms with Gasteiger partial charge in [0, 0.05) is 35.2 Å². The fraction of sp³-hybridized carbons (Fsp3) is 0.0667. The van der Waals surface area contributed by atoms with E-state index in [2.05, 4.69) is 31.3 Å². The Morgan fingerprint density at radius 1 is 1.19 bits per heavy atom. The molecule has 0 unspecified atom stereocenters. The van der Waals surface area contributed by atoms with E-state index in [-0.39, 0.29) is 5.82 Å². The van der Waals surface area contributed by atoms with Crippen LogP contribution in [0.15, 0.2) is 59.5 Å². The lowest BCUT2D eigenvalue weighted by Crippen LogP contribution is -2.07. The van der Waals surface area contributed by atoms with Gasteiger partial charge in [0.1, 0.15) is 5.82 Å². The number of hydrogen-bond donors (Lipinski definition) is 1. The number of aromatic nitrogens is 3. The molecular weight excluding hydrogens is 335 g/mol. The average molecular weight is 347 g/mol. The standard InChI is InChI=1S/C15H12BrFN4/c16-12-4-5-13(17)11(9-12)10-19-14-3-1-6-18-15(14)21-8-2-7-20-21/h1-9,19H,10H2. The van der Waals surface area contributed by atoms with Gasteiger partial charge in [-0.25, -0.2) is 14.1 Å². The van der Waals surface area contributed by atoms with Crippen molar-refractivity contribution in [2.75, 3.05) is 5.32 Å². The molecule has 0 bridgehead atoms. The minimum atomic E-state index is -0.241. The second-order valence-corrected chi connectivity index (χ2v) is 5.33. The van der Waals surface area contributed by atoms with Gasteiger partial charge in [0.2, 0.25) is 0 Å². The summed E-state index contributed by atoms with van der Waals surface area (Å²) in [6.45, 7) is 0.366. The van der Waals surface area contributed by atoms with Crippen LogP contribution in [0.25, 0.3) is 5.82 Å². The molecule has 0 atom stereocenters. The van der Waals surface area contributed by atoms with Crippen molar-refractivity contribution in [1.29, 1.82) is 0 Å². The van der Waals surface area contributed by atoms with Gasteiger partial charge in [-0.05, 0) is 36.4 Å². The molecule has 6 heteroatoms. The van der Waals surface area contributed by atoms with Crippen LogP contribution in [-0.4, -0.2) is 14.8 Å². The van der Waals surface area contributed by atoms with Gasteiger partial charge in [-0.15, -0.1) is 0 Å². The summed E-state index contributed by atoms with van der Waals surface area (Å²) in [5.41, 5.74) is 1.38. The van der Waals surface area contributed by atoms with Gasteiger partial charge in [0.05, 0.1) is 5.69 Å². The first-order chi connectivity index (χ1) is 10.2. The zero-order valence-corrected chi connectivity index (χ0v) is 12.6. The lowest BCUT2D eigenvalue weighted by Gasteiger charge is -2.11. The van der Waals surface area contributed by atoms with Crippen molar-refractivity contribution >= 4 is 21.6 Å². The van der Waals surface area contributed by atoms with E-state index in [1.165, 1.54) is 6.07 Å². The van der Waals surface area contributed by atoms with E-state index in [1.54, 1.807) is 29.2 Å². The molecule has 2 aromatic heterocycles. The summed E-state index contributed by atoms with van der Waals surface area (Å²) in [6, 6.07) is 10.4. The number of halogens is 2. The summed E-state index contributed by atoms with van der Waals surface area (Å²) in [5.74, 6) is 0.438. The third-order valence-corrected chi connectivity index (χ3v) is 3.48. The summed E-state index contributed by atoms with van der Waals surface area (Å²) in [6.07, 6.45) is 5.20. The number of rotatable bonds is 4. The molecule has 1 N–H and O–H groups in total. The number of anilines is 1. The summed E-state index contributed by atoms with van der Waals surface area (Å²) >= 11 is 3.35. The highest BCUT2D eigenvalue weighted by molar-refractivity contribution is 9.10. The fourth-order valence-corrected chi connectivity index (χ4v) is 2.39. The second kappa shape index (κ2) is 6.05. The Hall–Kier alpha value is -2.21. The minimum absolute atomic E-state index is 0.241. The molecule has 0 saturated heterocycles. The Balaban J connectivity index is 1.84. The maximum atomic E-state index is 13.8. The van der Waals surface area contributed by atoms with E-state index in [9.17, 15) is 4.39 Å². The average Bonchev–Trinajstić information content (AvgIpc) is 3.03. The van der Waals surface area contributed by atoms with Crippen LogP contribution in [0.2, 0.25) is 0 Å². The van der Waals surface area contributed by atoms with Crippen LogP contribution in [0, 0.1) is 5.82 Å². The summed E-state index contributed by atoms with van der Waals surface area (Å²) in [7, 11) is 0. The van der Waals surface area contributed by atoms with E-state index < -0.39 is 0 Å². The first kappa shape index (κ1) is 13.8. The molecule has 0 aliphatic carbocycles. The molecule has 0 aliphatic rings. The van der Waals surface area contributed by atoms with Gasteiger partial charge >= 0.3 is 0 Å². The number of nitrogens with zero attached hydrogens (tertiary/aromatic N) is 3. The number of benzene rings is 1. The molecule has 0 spiro atoms. The SMILES string of the molecule is Fc1ccc(Br)cc1CNc1cccnc1-n1cccn1. The topological polar surface area (TPSA) is 42.7 Å². The molecule has 0 amide bonds. The van der Waals surface area contributed by atoms with Crippen molar-refractivity contribution < 1.29 is 4.39 Å². The lowest BCUT2D eigenvalue weighted by atomic mass is 10.2. The smallest absolute Gasteiger partial charge is 0.176 e. The number of nitrogens with one attached hydrogen (secondary N) is 1. The van der Waals surface area contributed by atoms with E-state index in [1.807, 2.05) is 24.4 Å². The third kappa shape index (κ3) is 3.11. The molecule has 106 valence electrons. The fourth-order valence-electron chi connectivity index (χ4n) is 1.98. The largest absolute Gasteiger partial charge is 0.378 e. The van der Waals surface area contributed by atoms with Crippen molar-refractivity contribution in [2.24, 2.45) is 0 Å². The van der Waals surface area contributed by atoms with Crippen molar-refractivity contribution in [2.45, 2.75) is 6.54 Å². The van der Waals surface area contributed by atoms with E-state index in [0.717, 1.165) is 10.2 Å². The summed E-state index contributed by atoms with van der Waals surface area (Å²) < 4.78 is 16.3. The normalized spacial score (nSPS) is 10.6. The van der Waals surface area contributed by atoms with Crippen LogP contribution in [0.5, 0.6) is 0 Å². The zero-order valence-electron chi connectivity index (χ0n) is 11.0. The maximum absolute atomic E-state index is 13.8. The van der Waals surface area contributed by atoms with Gasteiger partial charge in [-0.2, -0.15) is 5.10 Å². The predicted octanol–water partition coefficient (Wildman–Crippen LogP) is 3.78. The van der Waals surface area contributed by atoms with Gasteiger partial charge in [-0.3, -0.25) is 0 Å². The van der Waals surface area contributed by atoms with Gasteiger partial charge in [-0.1, -0.05) is 15.9 Å². The molecule has 1 aromatic carbocycles. The summed E-state index contributed by atoms with van der Waals surface area (Å²) in [5, 5.41) is 7.37. The van der Waals surface area contributed by atoms with Crippen molar-refractivity contribution in [1.82, 2.24) is 14.8 Å². The minimum Gasteiger partial charge on any atom is -0.378 e. The Labute approximate surface area is 129 Å². The molecule has 0 saturated carbocycles. The highest BCUT2D eigenvalue weighted by atomic mass is 79.9. The van der Waals surface area contributed by atoms with E-state index in [0.29, 0.717) is 17.9 Å². The first-order valence-electron chi connectivity index (χ1n) is 6.37. The molecule has 4 nitrogen and oxygen atoms in total. The van der Waals surface area contributed by atoms with Crippen LogP contribution in [0.4, 0.5) is 10.1 Å². The van der Waals surface area contributed by atoms with E-state index in [4.69, 9.17) is 0 Å². The quantitative estimate of drug-likeness (QED) is 0.781. The number of pyridine rings is 1. The van der Waals surface area contributed by atoms with Crippen LogP contribution in [0.3, 0.4) is 0 Å². The van der Waals surface area contributed by atoms with Gasteiger partial charge in [0.15, 0.2) is 5.82 Å². The highest BCUT2D eigenvalue weighted by Gasteiger charge is 2.07. The number of hydrogen-bond acceptors (Lipinski definition) is 3. The van der Waals surface area contributed by atoms with Gasteiger partial charge in [0.25, 0.3) is 0 Å². The third-order valence-electron chi connectivity index (χ3n) is 2.99. The van der Waals surface area contributed by atoms with Crippen LogP contribution in [-0.2, 0) is 6.54 Å². The van der Waals surface area contributed by atoms with Crippen molar-refractivity contribution in [3.8, 4) is 5.82 Å².